The number of rotatable bonds is 4. The molecule has 1 N–H and O–H groups in total. The summed E-state index contributed by atoms with van der Waals surface area (Å²) in [5.74, 6) is 0.582. The van der Waals surface area contributed by atoms with Gasteiger partial charge in [-0.05, 0) is 30.0 Å². The second-order valence-corrected chi connectivity index (χ2v) is 5.69. The highest BCUT2D eigenvalue weighted by Crippen LogP contribution is 2.23. The minimum atomic E-state index is 0.159. The number of hydrogen-bond donors (Lipinski definition) is 1. The Morgan fingerprint density at radius 2 is 2.32 bits per heavy atom. The molecule has 1 atom stereocenters. The highest BCUT2D eigenvalue weighted by molar-refractivity contribution is 5.79. The van der Waals surface area contributed by atoms with Gasteiger partial charge in [-0.3, -0.25) is 9.48 Å². The van der Waals surface area contributed by atoms with E-state index < -0.39 is 0 Å². The molecule has 1 unspecified atom stereocenters. The van der Waals surface area contributed by atoms with Crippen LogP contribution in [0.25, 0.3) is 22.2 Å². The fourth-order valence-corrected chi connectivity index (χ4v) is 2.86. The lowest BCUT2D eigenvalue weighted by Gasteiger charge is -2.06. The molecule has 6 nitrogen and oxygen atoms in total. The Morgan fingerprint density at radius 1 is 1.36 bits per heavy atom. The number of aryl methyl sites for hydroxylation is 1. The van der Waals surface area contributed by atoms with Crippen molar-refractivity contribution >= 4 is 17.0 Å². The summed E-state index contributed by atoms with van der Waals surface area (Å²) < 4.78 is 7.19. The first-order chi connectivity index (χ1) is 10.8. The molecule has 2 aromatic heterocycles. The van der Waals surface area contributed by atoms with Crippen LogP contribution >= 0.6 is 0 Å². The smallest absolute Gasteiger partial charge is 0.220 e. The minimum Gasteiger partial charge on any atom is -0.443 e. The molecule has 3 heterocycles. The summed E-state index contributed by atoms with van der Waals surface area (Å²) in [7, 11) is 0. The normalized spacial score (nSPS) is 18.0. The molecule has 112 valence electrons. The van der Waals surface area contributed by atoms with Gasteiger partial charge in [0, 0.05) is 31.3 Å². The lowest BCUT2D eigenvalue weighted by atomic mass is 10.1. The van der Waals surface area contributed by atoms with Gasteiger partial charge >= 0.3 is 0 Å². The number of amides is 1. The van der Waals surface area contributed by atoms with Crippen molar-refractivity contribution in [2.24, 2.45) is 5.92 Å². The number of oxazole rings is 1. The number of benzene rings is 1. The van der Waals surface area contributed by atoms with Crippen molar-refractivity contribution in [3.05, 3.63) is 37.0 Å². The van der Waals surface area contributed by atoms with Crippen LogP contribution in [0.1, 0.15) is 12.8 Å². The third-order valence-electron chi connectivity index (χ3n) is 4.13. The first-order valence-corrected chi connectivity index (χ1v) is 7.41. The van der Waals surface area contributed by atoms with Gasteiger partial charge in [0.15, 0.2) is 12.0 Å². The summed E-state index contributed by atoms with van der Waals surface area (Å²) in [5, 5.41) is 7.27. The van der Waals surface area contributed by atoms with E-state index in [0.29, 0.717) is 12.3 Å². The Kier molecular flexibility index (Phi) is 3.14. The van der Waals surface area contributed by atoms with Gasteiger partial charge in [-0.25, -0.2) is 4.98 Å². The molecule has 0 radical (unpaired) electrons. The third kappa shape index (κ3) is 2.47. The van der Waals surface area contributed by atoms with Crippen LogP contribution in [0.3, 0.4) is 0 Å². The molecule has 0 bridgehead atoms. The molecule has 22 heavy (non-hydrogen) atoms. The number of carbonyl (C=O) groups excluding carboxylic acids is 1. The Labute approximate surface area is 127 Å². The number of hydrogen-bond acceptors (Lipinski definition) is 4. The van der Waals surface area contributed by atoms with E-state index in [1.807, 2.05) is 35.3 Å². The molecular weight excluding hydrogens is 280 g/mol. The fraction of sp³-hybridized carbons (Fsp3) is 0.312. The minimum absolute atomic E-state index is 0.159. The largest absolute Gasteiger partial charge is 0.443 e. The molecule has 6 heteroatoms. The average molecular weight is 296 g/mol. The average Bonchev–Trinajstić information content (AvgIpc) is 3.24. The topological polar surface area (TPSA) is 73.0 Å². The van der Waals surface area contributed by atoms with Gasteiger partial charge in [-0.2, -0.15) is 5.10 Å². The second-order valence-electron chi connectivity index (χ2n) is 5.69. The summed E-state index contributed by atoms with van der Waals surface area (Å²) >= 11 is 0. The summed E-state index contributed by atoms with van der Waals surface area (Å²) in [6.45, 7) is 1.61. The third-order valence-corrected chi connectivity index (χ3v) is 4.13. The number of carbonyl (C=O) groups is 1. The maximum atomic E-state index is 11.2. The van der Waals surface area contributed by atoms with Crippen LogP contribution in [0, 0.1) is 5.92 Å². The van der Waals surface area contributed by atoms with Gasteiger partial charge in [0.1, 0.15) is 5.52 Å². The molecule has 4 rings (SSSR count). The molecule has 3 aromatic rings. The number of aromatic nitrogens is 3. The van der Waals surface area contributed by atoms with Gasteiger partial charge in [-0.15, -0.1) is 0 Å². The first-order valence-electron chi connectivity index (χ1n) is 7.41. The Bertz CT molecular complexity index is 820. The predicted octanol–water partition coefficient (Wildman–Crippen LogP) is 2.22. The SMILES string of the molecule is O=C1CC(CCn2cc(-c3ccc4ocnc4c3)cn2)CN1. The zero-order chi connectivity index (χ0) is 14.9. The highest BCUT2D eigenvalue weighted by atomic mass is 16.3. The van der Waals surface area contributed by atoms with Crippen LogP contribution in [-0.4, -0.2) is 27.2 Å². The van der Waals surface area contributed by atoms with Crippen molar-refractivity contribution in [3.63, 3.8) is 0 Å². The quantitative estimate of drug-likeness (QED) is 0.801. The predicted molar refractivity (Wildman–Crippen MR) is 81.0 cm³/mol. The maximum absolute atomic E-state index is 11.2. The summed E-state index contributed by atoms with van der Waals surface area (Å²) in [5.41, 5.74) is 3.77. The van der Waals surface area contributed by atoms with E-state index in [1.54, 1.807) is 0 Å². The van der Waals surface area contributed by atoms with Crippen molar-refractivity contribution in [3.8, 4) is 11.1 Å². The van der Waals surface area contributed by atoms with Crippen LogP contribution in [-0.2, 0) is 11.3 Å². The van der Waals surface area contributed by atoms with E-state index in [9.17, 15) is 4.79 Å². The van der Waals surface area contributed by atoms with Crippen LogP contribution in [0.2, 0.25) is 0 Å². The Balaban J connectivity index is 1.47. The van der Waals surface area contributed by atoms with Crippen molar-refractivity contribution < 1.29 is 9.21 Å². The molecule has 1 fully saturated rings. The second kappa shape index (κ2) is 5.29. The Morgan fingerprint density at radius 3 is 3.18 bits per heavy atom. The Hall–Kier alpha value is -2.63. The summed E-state index contributed by atoms with van der Waals surface area (Å²) in [6, 6.07) is 5.93. The molecule has 1 aliphatic rings. The highest BCUT2D eigenvalue weighted by Gasteiger charge is 2.21. The van der Waals surface area contributed by atoms with Crippen molar-refractivity contribution in [2.45, 2.75) is 19.4 Å². The first kappa shape index (κ1) is 13.1. The van der Waals surface area contributed by atoms with Gasteiger partial charge in [0.05, 0.1) is 6.20 Å². The van der Waals surface area contributed by atoms with Crippen LogP contribution in [0.4, 0.5) is 0 Å². The van der Waals surface area contributed by atoms with Gasteiger partial charge in [0.25, 0.3) is 0 Å². The number of fused-ring (bicyclic) bond motifs is 1. The lowest BCUT2D eigenvalue weighted by Crippen LogP contribution is -2.14. The number of nitrogens with one attached hydrogen (secondary N) is 1. The molecule has 0 spiro atoms. The van der Waals surface area contributed by atoms with Crippen LogP contribution in [0.5, 0.6) is 0 Å². The maximum Gasteiger partial charge on any atom is 0.220 e. The van der Waals surface area contributed by atoms with E-state index >= 15 is 0 Å². The fourth-order valence-electron chi connectivity index (χ4n) is 2.86. The van der Waals surface area contributed by atoms with Gasteiger partial charge in [0.2, 0.25) is 5.91 Å². The van der Waals surface area contributed by atoms with Gasteiger partial charge in [-0.1, -0.05) is 6.07 Å². The molecule has 1 aromatic carbocycles. The molecule has 1 aliphatic heterocycles. The van der Waals surface area contributed by atoms with Crippen molar-refractivity contribution in [2.75, 3.05) is 6.54 Å². The van der Waals surface area contributed by atoms with E-state index in [-0.39, 0.29) is 5.91 Å². The summed E-state index contributed by atoms with van der Waals surface area (Å²) in [4.78, 5) is 15.4. The van der Waals surface area contributed by atoms with E-state index in [2.05, 4.69) is 15.4 Å². The molecule has 0 aliphatic carbocycles. The monoisotopic (exact) mass is 296 g/mol. The van der Waals surface area contributed by atoms with E-state index in [4.69, 9.17) is 4.42 Å². The van der Waals surface area contributed by atoms with E-state index in [0.717, 1.165) is 41.7 Å². The summed E-state index contributed by atoms with van der Waals surface area (Å²) in [6.07, 6.45) is 6.94. The standard InChI is InChI=1S/C16H16N4O2/c21-16-5-11(7-17-16)3-4-20-9-13(8-19-20)12-1-2-15-14(6-12)18-10-22-15/h1-2,6,8-11H,3-5,7H2,(H,17,21). The van der Waals surface area contributed by atoms with Crippen molar-refractivity contribution in [1.29, 1.82) is 0 Å². The van der Waals surface area contributed by atoms with Crippen LogP contribution < -0.4 is 5.32 Å². The van der Waals surface area contributed by atoms with Gasteiger partial charge < -0.3 is 9.73 Å². The lowest BCUT2D eigenvalue weighted by molar-refractivity contribution is -0.119. The van der Waals surface area contributed by atoms with Crippen LogP contribution in [0.15, 0.2) is 41.4 Å². The van der Waals surface area contributed by atoms with E-state index in [1.165, 1.54) is 6.39 Å². The number of nitrogens with zero attached hydrogens (tertiary/aromatic N) is 3. The molecular formula is C16H16N4O2. The zero-order valence-corrected chi connectivity index (χ0v) is 12.0. The molecule has 0 saturated carbocycles. The molecule has 1 amide bonds. The van der Waals surface area contributed by atoms with Crippen molar-refractivity contribution in [1.82, 2.24) is 20.1 Å². The zero-order valence-electron chi connectivity index (χ0n) is 12.0. The molecule has 1 saturated heterocycles.